The third-order valence-corrected chi connectivity index (χ3v) is 5.50. The number of aryl methyl sites for hydroxylation is 1. The fourth-order valence-electron chi connectivity index (χ4n) is 4.02. The van der Waals surface area contributed by atoms with Crippen LogP contribution in [0.15, 0.2) is 30.6 Å². The number of rotatable bonds is 5. The number of methoxy groups -OCH3 is 2. The summed E-state index contributed by atoms with van der Waals surface area (Å²) in [6.45, 7) is 2.57. The number of hydrogen-bond donors (Lipinski definition) is 0. The Kier molecular flexibility index (Phi) is 4.57. The quantitative estimate of drug-likeness (QED) is 0.825. The van der Waals surface area contributed by atoms with Crippen LogP contribution in [0.5, 0.6) is 11.5 Å². The van der Waals surface area contributed by atoms with Crippen LogP contribution in [-0.4, -0.2) is 47.7 Å². The molecule has 1 atom stereocenters. The highest BCUT2D eigenvalue weighted by Crippen LogP contribution is 2.29. The molecule has 0 aliphatic carbocycles. The smallest absolute Gasteiger partial charge is 0.226 e. The molecule has 6 heteroatoms. The highest BCUT2D eigenvalue weighted by atomic mass is 16.5. The van der Waals surface area contributed by atoms with E-state index in [1.165, 1.54) is 5.56 Å². The summed E-state index contributed by atoms with van der Waals surface area (Å²) < 4.78 is 12.8. The van der Waals surface area contributed by atoms with Gasteiger partial charge < -0.3 is 18.9 Å². The number of likely N-dealkylation sites (tertiary alicyclic amines) is 1. The molecule has 3 heterocycles. The zero-order valence-corrected chi connectivity index (χ0v) is 15.4. The van der Waals surface area contributed by atoms with Crippen LogP contribution in [0.25, 0.3) is 0 Å². The highest BCUT2D eigenvalue weighted by Gasteiger charge is 2.36. The topological polar surface area (TPSA) is 56.6 Å². The van der Waals surface area contributed by atoms with E-state index < -0.39 is 0 Å². The standard InChI is InChI=1S/C20H25N3O3/c1-25-17-8-14(9-18(11-17)26-2)7-15-12-23(13-15)20(24)16-3-5-22-6-4-21-19(22)10-16/h4,6,8-9,11,15-16H,3,5,7,10,12-13H2,1-2H3. The van der Waals surface area contributed by atoms with Gasteiger partial charge in [-0.25, -0.2) is 4.98 Å². The van der Waals surface area contributed by atoms with Gasteiger partial charge in [0, 0.05) is 50.4 Å². The van der Waals surface area contributed by atoms with E-state index in [9.17, 15) is 4.79 Å². The van der Waals surface area contributed by atoms with Crippen molar-refractivity contribution in [1.29, 1.82) is 0 Å². The predicted molar refractivity (Wildman–Crippen MR) is 97.4 cm³/mol. The molecule has 6 nitrogen and oxygen atoms in total. The Labute approximate surface area is 153 Å². The summed E-state index contributed by atoms with van der Waals surface area (Å²) in [5, 5.41) is 0. The van der Waals surface area contributed by atoms with Crippen molar-refractivity contribution >= 4 is 5.91 Å². The Bertz CT molecular complexity index is 773. The zero-order valence-electron chi connectivity index (χ0n) is 15.4. The summed E-state index contributed by atoms with van der Waals surface area (Å²) >= 11 is 0. The van der Waals surface area contributed by atoms with Crippen LogP contribution in [0.1, 0.15) is 17.8 Å². The van der Waals surface area contributed by atoms with Gasteiger partial charge in [-0.05, 0) is 36.5 Å². The van der Waals surface area contributed by atoms with Crippen LogP contribution in [0.4, 0.5) is 0 Å². The molecule has 0 radical (unpaired) electrons. The van der Waals surface area contributed by atoms with Gasteiger partial charge in [0.2, 0.25) is 5.91 Å². The van der Waals surface area contributed by atoms with Gasteiger partial charge in [0.05, 0.1) is 14.2 Å². The minimum Gasteiger partial charge on any atom is -0.497 e. The number of ether oxygens (including phenoxy) is 2. The maximum atomic E-state index is 12.8. The molecular formula is C20H25N3O3. The molecule has 2 aliphatic rings. The fraction of sp³-hybridized carbons (Fsp3) is 0.500. The van der Waals surface area contributed by atoms with Crippen molar-refractivity contribution < 1.29 is 14.3 Å². The SMILES string of the molecule is COc1cc(CC2CN(C(=O)C3CCn4ccnc4C3)C2)cc(OC)c1. The van der Waals surface area contributed by atoms with Crippen molar-refractivity contribution in [2.75, 3.05) is 27.3 Å². The van der Waals surface area contributed by atoms with Gasteiger partial charge in [-0.15, -0.1) is 0 Å². The van der Waals surface area contributed by atoms with Gasteiger partial charge in [-0.2, -0.15) is 0 Å². The lowest BCUT2D eigenvalue weighted by Gasteiger charge is -2.42. The second-order valence-corrected chi connectivity index (χ2v) is 7.26. The van der Waals surface area contributed by atoms with Crippen molar-refractivity contribution in [2.45, 2.75) is 25.8 Å². The fourth-order valence-corrected chi connectivity index (χ4v) is 4.02. The Morgan fingerprint density at radius 2 is 1.92 bits per heavy atom. The van der Waals surface area contributed by atoms with Crippen LogP contribution < -0.4 is 9.47 Å². The number of imidazole rings is 1. The number of carbonyl (C=O) groups is 1. The average molecular weight is 355 g/mol. The van der Waals surface area contributed by atoms with Gasteiger partial charge in [0.25, 0.3) is 0 Å². The number of nitrogens with zero attached hydrogens (tertiary/aromatic N) is 3. The molecule has 1 aromatic carbocycles. The van der Waals surface area contributed by atoms with E-state index >= 15 is 0 Å². The molecule has 26 heavy (non-hydrogen) atoms. The predicted octanol–water partition coefficient (Wildman–Crippen LogP) is 2.16. The van der Waals surface area contributed by atoms with Gasteiger partial charge in [0.15, 0.2) is 0 Å². The molecule has 1 fully saturated rings. The van der Waals surface area contributed by atoms with E-state index in [-0.39, 0.29) is 5.92 Å². The minimum atomic E-state index is 0.0859. The Hall–Kier alpha value is -2.50. The first-order valence-corrected chi connectivity index (χ1v) is 9.17. The Balaban J connectivity index is 1.32. The van der Waals surface area contributed by atoms with Crippen molar-refractivity contribution in [3.05, 3.63) is 42.0 Å². The molecule has 1 unspecified atom stereocenters. The number of benzene rings is 1. The number of carbonyl (C=O) groups excluding carboxylic acids is 1. The molecule has 1 aromatic heterocycles. The molecule has 1 amide bonds. The molecular weight excluding hydrogens is 330 g/mol. The molecule has 0 spiro atoms. The lowest BCUT2D eigenvalue weighted by Crippen LogP contribution is -2.53. The lowest BCUT2D eigenvalue weighted by molar-refractivity contribution is -0.142. The van der Waals surface area contributed by atoms with E-state index in [0.29, 0.717) is 11.8 Å². The van der Waals surface area contributed by atoms with E-state index in [4.69, 9.17) is 9.47 Å². The Morgan fingerprint density at radius 3 is 2.62 bits per heavy atom. The number of hydrogen-bond acceptors (Lipinski definition) is 4. The van der Waals surface area contributed by atoms with Gasteiger partial charge in [-0.3, -0.25) is 4.79 Å². The molecule has 0 N–H and O–H groups in total. The summed E-state index contributed by atoms with van der Waals surface area (Å²) in [6.07, 6.45) is 6.44. The monoisotopic (exact) mass is 355 g/mol. The van der Waals surface area contributed by atoms with Crippen LogP contribution in [0.3, 0.4) is 0 Å². The third-order valence-electron chi connectivity index (χ3n) is 5.50. The van der Waals surface area contributed by atoms with Crippen LogP contribution >= 0.6 is 0 Å². The van der Waals surface area contributed by atoms with E-state index in [0.717, 1.165) is 56.2 Å². The lowest BCUT2D eigenvalue weighted by atomic mass is 9.88. The first-order chi connectivity index (χ1) is 12.7. The highest BCUT2D eigenvalue weighted by molar-refractivity contribution is 5.80. The van der Waals surface area contributed by atoms with E-state index in [1.807, 2.05) is 35.5 Å². The second kappa shape index (κ2) is 7.02. The number of aromatic nitrogens is 2. The van der Waals surface area contributed by atoms with Crippen molar-refractivity contribution in [1.82, 2.24) is 14.5 Å². The molecule has 2 aromatic rings. The van der Waals surface area contributed by atoms with Crippen molar-refractivity contribution in [3.63, 3.8) is 0 Å². The summed E-state index contributed by atoms with van der Waals surface area (Å²) in [6, 6.07) is 5.98. The largest absolute Gasteiger partial charge is 0.497 e. The van der Waals surface area contributed by atoms with Gasteiger partial charge >= 0.3 is 0 Å². The van der Waals surface area contributed by atoms with Crippen LogP contribution in [-0.2, 0) is 24.2 Å². The first-order valence-electron chi connectivity index (χ1n) is 9.17. The number of fused-ring (bicyclic) bond motifs is 1. The maximum absolute atomic E-state index is 12.8. The van der Waals surface area contributed by atoms with Gasteiger partial charge in [0.1, 0.15) is 17.3 Å². The van der Waals surface area contributed by atoms with Crippen LogP contribution in [0, 0.1) is 11.8 Å². The minimum absolute atomic E-state index is 0.0859. The maximum Gasteiger partial charge on any atom is 0.226 e. The number of amides is 1. The normalized spacial score (nSPS) is 19.6. The summed E-state index contributed by atoms with van der Waals surface area (Å²) in [5.41, 5.74) is 1.19. The van der Waals surface area contributed by atoms with E-state index in [1.54, 1.807) is 14.2 Å². The molecule has 1 saturated heterocycles. The summed E-state index contributed by atoms with van der Waals surface area (Å²) in [7, 11) is 3.33. The molecule has 0 saturated carbocycles. The third kappa shape index (κ3) is 3.28. The van der Waals surface area contributed by atoms with Crippen molar-refractivity contribution in [2.24, 2.45) is 11.8 Å². The summed E-state index contributed by atoms with van der Waals surface area (Å²) in [5.74, 6) is 3.53. The van der Waals surface area contributed by atoms with E-state index in [2.05, 4.69) is 9.55 Å². The Morgan fingerprint density at radius 1 is 1.19 bits per heavy atom. The molecule has 138 valence electrons. The summed E-state index contributed by atoms with van der Waals surface area (Å²) in [4.78, 5) is 19.1. The molecule has 2 aliphatic heterocycles. The second-order valence-electron chi connectivity index (χ2n) is 7.26. The van der Waals surface area contributed by atoms with Crippen molar-refractivity contribution in [3.8, 4) is 11.5 Å². The first kappa shape index (κ1) is 16.9. The van der Waals surface area contributed by atoms with Gasteiger partial charge in [-0.1, -0.05) is 0 Å². The zero-order chi connectivity index (χ0) is 18.1. The molecule has 4 rings (SSSR count). The van der Waals surface area contributed by atoms with Crippen LogP contribution in [0.2, 0.25) is 0 Å². The average Bonchev–Trinajstić information content (AvgIpc) is 3.11. The molecule has 0 bridgehead atoms.